The molecule has 1 fully saturated rings. The van der Waals surface area contributed by atoms with E-state index in [4.69, 9.17) is 15.2 Å². The van der Waals surface area contributed by atoms with Gasteiger partial charge in [-0.15, -0.1) is 0 Å². The summed E-state index contributed by atoms with van der Waals surface area (Å²) in [5, 5.41) is 0. The van der Waals surface area contributed by atoms with Gasteiger partial charge >= 0.3 is 0 Å². The fourth-order valence-corrected chi connectivity index (χ4v) is 2.95. The molecule has 0 spiro atoms. The average molecular weight is 262 g/mol. The van der Waals surface area contributed by atoms with Crippen LogP contribution in [0.4, 0.5) is 5.69 Å². The first-order valence-corrected chi connectivity index (χ1v) is 6.99. The van der Waals surface area contributed by atoms with E-state index in [1.807, 2.05) is 12.1 Å². The maximum atomic E-state index is 6.15. The van der Waals surface area contributed by atoms with Crippen LogP contribution in [0.5, 0.6) is 11.5 Å². The van der Waals surface area contributed by atoms with Gasteiger partial charge < -0.3 is 15.2 Å². The Morgan fingerprint density at radius 1 is 1.21 bits per heavy atom. The normalized spacial score (nSPS) is 21.6. The van der Waals surface area contributed by atoms with Gasteiger partial charge in [0.2, 0.25) is 0 Å². The zero-order valence-corrected chi connectivity index (χ0v) is 11.7. The summed E-state index contributed by atoms with van der Waals surface area (Å²) >= 11 is 0. The lowest BCUT2D eigenvalue weighted by molar-refractivity contribution is 0.162. The monoisotopic (exact) mass is 262 g/mol. The maximum Gasteiger partial charge on any atom is 0.163 e. The zero-order valence-electron chi connectivity index (χ0n) is 11.7. The summed E-state index contributed by atoms with van der Waals surface area (Å²) in [6.45, 7) is 7.84. The molecule has 1 saturated heterocycles. The van der Waals surface area contributed by atoms with Crippen LogP contribution < -0.4 is 15.2 Å². The van der Waals surface area contributed by atoms with E-state index in [1.54, 1.807) is 0 Å². The largest absolute Gasteiger partial charge is 0.486 e. The van der Waals surface area contributed by atoms with E-state index in [2.05, 4.69) is 18.7 Å². The van der Waals surface area contributed by atoms with Crippen molar-refractivity contribution in [2.75, 3.05) is 25.5 Å². The van der Waals surface area contributed by atoms with Crippen LogP contribution in [0.1, 0.15) is 32.3 Å². The Kier molecular flexibility index (Phi) is 3.05. The Morgan fingerprint density at radius 2 is 1.89 bits per heavy atom. The van der Waals surface area contributed by atoms with Crippen LogP contribution in [0.25, 0.3) is 0 Å². The van der Waals surface area contributed by atoms with Gasteiger partial charge in [-0.25, -0.2) is 0 Å². The molecule has 2 aliphatic heterocycles. The van der Waals surface area contributed by atoms with Gasteiger partial charge in [0.05, 0.1) is 0 Å². The van der Waals surface area contributed by atoms with Gasteiger partial charge in [0.25, 0.3) is 0 Å². The first-order chi connectivity index (χ1) is 9.06. The second-order valence-corrected chi connectivity index (χ2v) is 6.03. The number of nitrogens with zero attached hydrogens (tertiary/aromatic N) is 1. The molecule has 0 atom stereocenters. The van der Waals surface area contributed by atoms with E-state index in [1.165, 1.54) is 12.8 Å². The molecule has 4 heteroatoms. The van der Waals surface area contributed by atoms with Gasteiger partial charge in [-0.3, -0.25) is 4.90 Å². The number of hydrogen-bond acceptors (Lipinski definition) is 4. The van der Waals surface area contributed by atoms with Crippen LogP contribution in [0.3, 0.4) is 0 Å². The molecule has 2 N–H and O–H groups in total. The Morgan fingerprint density at radius 3 is 2.53 bits per heavy atom. The van der Waals surface area contributed by atoms with Crippen molar-refractivity contribution in [1.29, 1.82) is 0 Å². The van der Waals surface area contributed by atoms with Crippen molar-refractivity contribution in [3.8, 4) is 11.5 Å². The first-order valence-electron chi connectivity index (χ1n) is 6.99. The maximum absolute atomic E-state index is 6.15. The predicted octanol–water partition coefficient (Wildman–Crippen LogP) is 2.41. The number of nitrogens with two attached hydrogens (primary N) is 1. The molecular weight excluding hydrogens is 240 g/mol. The summed E-state index contributed by atoms with van der Waals surface area (Å²) in [6.07, 6.45) is 2.51. The van der Waals surface area contributed by atoms with Gasteiger partial charge in [-0.2, -0.15) is 0 Å². The molecule has 4 nitrogen and oxygen atoms in total. The molecule has 0 unspecified atom stereocenters. The zero-order chi connectivity index (χ0) is 13.5. The lowest BCUT2D eigenvalue weighted by atomic mass is 10.0. The number of fused-ring (bicyclic) bond motifs is 1. The van der Waals surface area contributed by atoms with Crippen molar-refractivity contribution in [3.63, 3.8) is 0 Å². The van der Waals surface area contributed by atoms with Gasteiger partial charge in [0.1, 0.15) is 13.2 Å². The molecule has 2 aliphatic rings. The third kappa shape index (κ3) is 2.37. The van der Waals surface area contributed by atoms with E-state index in [-0.39, 0.29) is 5.54 Å². The van der Waals surface area contributed by atoms with Crippen molar-refractivity contribution in [1.82, 2.24) is 4.90 Å². The number of anilines is 1. The van der Waals surface area contributed by atoms with Crippen LogP contribution in [0, 0.1) is 0 Å². The highest BCUT2D eigenvalue weighted by Gasteiger charge is 2.32. The Labute approximate surface area is 114 Å². The fraction of sp³-hybridized carbons (Fsp3) is 0.600. The molecule has 104 valence electrons. The van der Waals surface area contributed by atoms with Crippen molar-refractivity contribution < 1.29 is 9.47 Å². The van der Waals surface area contributed by atoms with Crippen LogP contribution in [-0.4, -0.2) is 30.2 Å². The lowest BCUT2D eigenvalue weighted by Gasteiger charge is -2.32. The Balaban J connectivity index is 1.85. The van der Waals surface area contributed by atoms with Crippen LogP contribution in [0.2, 0.25) is 0 Å². The van der Waals surface area contributed by atoms with Crippen molar-refractivity contribution >= 4 is 5.69 Å². The number of likely N-dealkylation sites (tertiary alicyclic amines) is 1. The third-order valence-electron chi connectivity index (χ3n) is 4.24. The third-order valence-corrected chi connectivity index (χ3v) is 4.24. The van der Waals surface area contributed by atoms with Gasteiger partial charge in [0, 0.05) is 23.8 Å². The number of nitrogen functional groups attached to an aromatic ring is 1. The molecule has 0 amide bonds. The molecule has 0 radical (unpaired) electrons. The van der Waals surface area contributed by atoms with Crippen molar-refractivity contribution in [3.05, 3.63) is 17.7 Å². The summed E-state index contributed by atoms with van der Waals surface area (Å²) in [6, 6.07) is 3.94. The average Bonchev–Trinajstić information content (AvgIpc) is 2.70. The molecule has 0 aromatic heterocycles. The molecule has 0 bridgehead atoms. The fourth-order valence-electron chi connectivity index (χ4n) is 2.95. The first kappa shape index (κ1) is 12.6. The van der Waals surface area contributed by atoms with E-state index < -0.39 is 0 Å². The molecular formula is C15H22N2O2. The van der Waals surface area contributed by atoms with Crippen LogP contribution in [-0.2, 0) is 6.54 Å². The van der Waals surface area contributed by atoms with Gasteiger partial charge in [0.15, 0.2) is 11.5 Å². The van der Waals surface area contributed by atoms with E-state index in [0.29, 0.717) is 13.2 Å². The number of benzene rings is 1. The summed E-state index contributed by atoms with van der Waals surface area (Å²) in [4.78, 5) is 2.49. The molecule has 1 aromatic carbocycles. The second-order valence-electron chi connectivity index (χ2n) is 6.03. The SMILES string of the molecule is CC1(C)CCCN1Cc1cc2c(cc1N)OCCO2. The molecule has 0 aliphatic carbocycles. The minimum Gasteiger partial charge on any atom is -0.486 e. The summed E-state index contributed by atoms with van der Waals surface area (Å²) < 4.78 is 11.2. The standard InChI is InChI=1S/C15H22N2O2/c1-15(2)4-3-5-17(15)10-11-8-13-14(9-12(11)16)19-7-6-18-13/h8-9H,3-7,10,16H2,1-2H3. The van der Waals surface area contributed by atoms with E-state index >= 15 is 0 Å². The predicted molar refractivity (Wildman–Crippen MR) is 75.6 cm³/mol. The molecule has 1 aromatic rings. The quantitative estimate of drug-likeness (QED) is 0.832. The number of hydrogen-bond donors (Lipinski definition) is 1. The summed E-state index contributed by atoms with van der Waals surface area (Å²) in [7, 11) is 0. The number of ether oxygens (including phenoxy) is 2. The number of rotatable bonds is 2. The smallest absolute Gasteiger partial charge is 0.163 e. The van der Waals surface area contributed by atoms with E-state index in [9.17, 15) is 0 Å². The second kappa shape index (κ2) is 4.60. The van der Waals surface area contributed by atoms with Gasteiger partial charge in [-0.1, -0.05) is 0 Å². The molecule has 0 saturated carbocycles. The van der Waals surface area contributed by atoms with Crippen LogP contribution >= 0.6 is 0 Å². The minimum atomic E-state index is 0.264. The summed E-state index contributed by atoms with van der Waals surface area (Å²) in [5.41, 5.74) is 8.35. The minimum absolute atomic E-state index is 0.264. The topological polar surface area (TPSA) is 47.7 Å². The van der Waals surface area contributed by atoms with Crippen LogP contribution in [0.15, 0.2) is 12.1 Å². The Hall–Kier alpha value is -1.42. The van der Waals surface area contributed by atoms with E-state index in [0.717, 1.165) is 35.8 Å². The molecule has 2 heterocycles. The molecule has 3 rings (SSSR count). The highest BCUT2D eigenvalue weighted by molar-refractivity contribution is 5.58. The summed E-state index contributed by atoms with van der Waals surface area (Å²) in [5.74, 6) is 1.60. The molecule has 19 heavy (non-hydrogen) atoms. The highest BCUT2D eigenvalue weighted by Crippen LogP contribution is 2.37. The highest BCUT2D eigenvalue weighted by atomic mass is 16.6. The van der Waals surface area contributed by atoms with Crippen molar-refractivity contribution in [2.24, 2.45) is 0 Å². The Bertz CT molecular complexity index is 485. The lowest BCUT2D eigenvalue weighted by Crippen LogP contribution is -2.37. The van der Waals surface area contributed by atoms with Crippen molar-refractivity contribution in [2.45, 2.75) is 38.8 Å². The van der Waals surface area contributed by atoms with Gasteiger partial charge in [-0.05, 0) is 44.9 Å².